The maximum absolute atomic E-state index is 13.1. The zero-order chi connectivity index (χ0) is 20.8. The van der Waals surface area contributed by atoms with Crippen LogP contribution in [-0.2, 0) is 16.0 Å². The van der Waals surface area contributed by atoms with Gasteiger partial charge in [-0.2, -0.15) is 0 Å². The normalized spacial score (nSPS) is 16.6. The number of nitrogens with zero attached hydrogens (tertiary/aromatic N) is 1. The van der Waals surface area contributed by atoms with Crippen molar-refractivity contribution in [3.63, 3.8) is 0 Å². The minimum absolute atomic E-state index is 0.163. The fraction of sp³-hybridized carbons (Fsp3) is 0.360. The van der Waals surface area contributed by atoms with E-state index in [1.54, 1.807) is 4.90 Å². The molecule has 0 aromatic heterocycles. The molecule has 1 aliphatic rings. The molecular formula is C25H29NO3. The summed E-state index contributed by atoms with van der Waals surface area (Å²) in [7, 11) is 0. The monoisotopic (exact) mass is 391 g/mol. The van der Waals surface area contributed by atoms with Crippen LogP contribution in [0, 0.1) is 6.92 Å². The van der Waals surface area contributed by atoms with Gasteiger partial charge in [0.1, 0.15) is 0 Å². The van der Waals surface area contributed by atoms with Crippen LogP contribution >= 0.6 is 0 Å². The highest BCUT2D eigenvalue weighted by atomic mass is 16.3. The molecule has 0 fully saturated rings. The van der Waals surface area contributed by atoms with Crippen LogP contribution in [0.5, 0.6) is 0 Å². The minimum Gasteiger partial charge on any atom is -0.503 e. The first-order valence-electron chi connectivity index (χ1n) is 10.4. The first-order chi connectivity index (χ1) is 14.0. The number of rotatable bonds is 9. The van der Waals surface area contributed by atoms with Crippen LogP contribution < -0.4 is 0 Å². The van der Waals surface area contributed by atoms with Crippen molar-refractivity contribution >= 4 is 11.7 Å². The van der Waals surface area contributed by atoms with Crippen LogP contribution in [0.25, 0.3) is 0 Å². The number of Topliss-reactive ketones (excluding diaryl/α,β-unsaturated/α-hetero) is 1. The fourth-order valence-corrected chi connectivity index (χ4v) is 3.93. The van der Waals surface area contributed by atoms with Crippen molar-refractivity contribution in [2.24, 2.45) is 0 Å². The number of aliphatic hydroxyl groups excluding tert-OH is 1. The number of aliphatic hydroxyl groups is 1. The highest BCUT2D eigenvalue weighted by molar-refractivity contribution is 6.09. The molecule has 1 aliphatic heterocycles. The summed E-state index contributed by atoms with van der Waals surface area (Å²) in [6, 6.07) is 17.1. The van der Waals surface area contributed by atoms with E-state index in [2.05, 4.69) is 6.92 Å². The third kappa shape index (κ3) is 4.76. The summed E-state index contributed by atoms with van der Waals surface area (Å²) in [5, 5.41) is 10.6. The number of amides is 1. The Labute approximate surface area is 172 Å². The van der Waals surface area contributed by atoms with E-state index in [9.17, 15) is 14.7 Å². The molecule has 0 saturated heterocycles. The molecule has 1 amide bonds. The van der Waals surface area contributed by atoms with E-state index in [-0.39, 0.29) is 23.5 Å². The Morgan fingerprint density at radius 3 is 2.52 bits per heavy atom. The Balaban J connectivity index is 1.88. The van der Waals surface area contributed by atoms with Gasteiger partial charge in [-0.3, -0.25) is 9.59 Å². The number of ketones is 1. The third-order valence-electron chi connectivity index (χ3n) is 5.45. The Bertz CT molecular complexity index is 901. The summed E-state index contributed by atoms with van der Waals surface area (Å²) in [5.41, 5.74) is 3.25. The number of hydrogen-bond donors (Lipinski definition) is 1. The number of carbonyl (C=O) groups excluding carboxylic acids is 2. The smallest absolute Gasteiger partial charge is 0.290 e. The maximum Gasteiger partial charge on any atom is 0.290 e. The van der Waals surface area contributed by atoms with E-state index in [1.165, 1.54) is 0 Å². The molecular weight excluding hydrogens is 362 g/mol. The second kappa shape index (κ2) is 9.55. The average molecular weight is 392 g/mol. The predicted molar refractivity (Wildman–Crippen MR) is 115 cm³/mol. The van der Waals surface area contributed by atoms with Crippen LogP contribution in [0.1, 0.15) is 55.3 Å². The number of benzene rings is 2. The van der Waals surface area contributed by atoms with Gasteiger partial charge >= 0.3 is 0 Å². The predicted octanol–water partition coefficient (Wildman–Crippen LogP) is 5.08. The van der Waals surface area contributed by atoms with Gasteiger partial charge in [-0.15, -0.1) is 0 Å². The lowest BCUT2D eigenvalue weighted by Gasteiger charge is -2.27. The minimum atomic E-state index is -0.512. The summed E-state index contributed by atoms with van der Waals surface area (Å²) < 4.78 is 0. The first-order valence-corrected chi connectivity index (χ1v) is 10.4. The summed E-state index contributed by atoms with van der Waals surface area (Å²) in [5.74, 6) is -0.981. The quantitative estimate of drug-likeness (QED) is 0.606. The lowest BCUT2D eigenvalue weighted by molar-refractivity contribution is -0.129. The Kier molecular flexibility index (Phi) is 6.86. The fourth-order valence-electron chi connectivity index (χ4n) is 3.93. The lowest BCUT2D eigenvalue weighted by Crippen LogP contribution is -2.32. The van der Waals surface area contributed by atoms with Gasteiger partial charge in [-0.05, 0) is 30.9 Å². The molecule has 152 valence electrons. The molecule has 1 heterocycles. The molecule has 0 saturated carbocycles. The molecule has 29 heavy (non-hydrogen) atoms. The van der Waals surface area contributed by atoms with Gasteiger partial charge in [0.25, 0.3) is 5.91 Å². The molecule has 2 aromatic carbocycles. The van der Waals surface area contributed by atoms with E-state index in [1.807, 2.05) is 61.5 Å². The van der Waals surface area contributed by atoms with E-state index >= 15 is 0 Å². The highest BCUT2D eigenvalue weighted by Crippen LogP contribution is 2.38. The Hall–Kier alpha value is -2.88. The van der Waals surface area contributed by atoms with Gasteiger partial charge in [0, 0.05) is 13.0 Å². The molecule has 4 nitrogen and oxygen atoms in total. The molecule has 1 atom stereocenters. The van der Waals surface area contributed by atoms with E-state index in [0.29, 0.717) is 13.0 Å². The SMILES string of the molecule is CCCCCN1C(=O)C(O)=C(C(=O)CCc2ccccc2)C1c1cccc(C)c1. The second-order valence-corrected chi connectivity index (χ2v) is 7.69. The molecule has 0 aliphatic carbocycles. The molecule has 0 radical (unpaired) electrons. The number of carbonyl (C=O) groups is 2. The van der Waals surface area contributed by atoms with Gasteiger partial charge in [-0.1, -0.05) is 79.9 Å². The van der Waals surface area contributed by atoms with Gasteiger partial charge < -0.3 is 10.0 Å². The number of unbranched alkanes of at least 4 members (excludes halogenated alkanes) is 2. The standard InChI is InChI=1S/C25H29NO3/c1-3-4-8-16-26-23(20-13-9-10-18(2)17-20)22(24(28)25(26)29)21(27)15-14-19-11-6-5-7-12-19/h5-7,9-13,17,23,28H,3-4,8,14-16H2,1-2H3. The van der Waals surface area contributed by atoms with E-state index in [4.69, 9.17) is 0 Å². The topological polar surface area (TPSA) is 57.6 Å². The molecule has 3 rings (SSSR count). The zero-order valence-corrected chi connectivity index (χ0v) is 17.2. The summed E-state index contributed by atoms with van der Waals surface area (Å²) in [6.45, 7) is 4.63. The summed E-state index contributed by atoms with van der Waals surface area (Å²) in [4.78, 5) is 27.6. The van der Waals surface area contributed by atoms with Crippen molar-refractivity contribution in [3.05, 3.63) is 82.6 Å². The van der Waals surface area contributed by atoms with Crippen LogP contribution in [0.4, 0.5) is 0 Å². The molecule has 1 N–H and O–H groups in total. The van der Waals surface area contributed by atoms with Crippen LogP contribution in [0.3, 0.4) is 0 Å². The van der Waals surface area contributed by atoms with Crippen molar-refractivity contribution in [2.75, 3.05) is 6.54 Å². The summed E-state index contributed by atoms with van der Waals surface area (Å²) >= 11 is 0. The average Bonchev–Trinajstić information content (AvgIpc) is 2.98. The van der Waals surface area contributed by atoms with Crippen molar-refractivity contribution < 1.29 is 14.7 Å². The molecule has 1 unspecified atom stereocenters. The van der Waals surface area contributed by atoms with Crippen molar-refractivity contribution in [1.82, 2.24) is 4.90 Å². The van der Waals surface area contributed by atoms with Gasteiger partial charge in [0.05, 0.1) is 11.6 Å². The van der Waals surface area contributed by atoms with Crippen molar-refractivity contribution in [1.29, 1.82) is 0 Å². The highest BCUT2D eigenvalue weighted by Gasteiger charge is 2.42. The maximum atomic E-state index is 13.1. The lowest BCUT2D eigenvalue weighted by atomic mass is 9.92. The Morgan fingerprint density at radius 2 is 1.83 bits per heavy atom. The first kappa shape index (κ1) is 20.8. The largest absolute Gasteiger partial charge is 0.503 e. The van der Waals surface area contributed by atoms with Gasteiger partial charge in [0.15, 0.2) is 11.5 Å². The molecule has 0 bridgehead atoms. The molecule has 0 spiro atoms. The second-order valence-electron chi connectivity index (χ2n) is 7.69. The van der Waals surface area contributed by atoms with Gasteiger partial charge in [-0.25, -0.2) is 0 Å². The molecule has 4 heteroatoms. The van der Waals surface area contributed by atoms with E-state index in [0.717, 1.165) is 36.0 Å². The third-order valence-corrected chi connectivity index (χ3v) is 5.45. The number of aryl methyl sites for hydroxylation is 2. The Morgan fingerprint density at radius 1 is 1.07 bits per heavy atom. The van der Waals surface area contributed by atoms with Crippen LogP contribution in [0.2, 0.25) is 0 Å². The zero-order valence-electron chi connectivity index (χ0n) is 17.2. The molecule has 2 aromatic rings. The van der Waals surface area contributed by atoms with Crippen LogP contribution in [0.15, 0.2) is 65.9 Å². The van der Waals surface area contributed by atoms with Crippen molar-refractivity contribution in [2.45, 2.75) is 52.0 Å². The van der Waals surface area contributed by atoms with Crippen molar-refractivity contribution in [3.8, 4) is 0 Å². The summed E-state index contributed by atoms with van der Waals surface area (Å²) in [6.07, 6.45) is 3.74. The number of hydrogen-bond acceptors (Lipinski definition) is 3. The van der Waals surface area contributed by atoms with Crippen LogP contribution in [-0.4, -0.2) is 28.2 Å². The van der Waals surface area contributed by atoms with Gasteiger partial charge in [0.2, 0.25) is 0 Å². The van der Waals surface area contributed by atoms with E-state index < -0.39 is 11.9 Å².